The van der Waals surface area contributed by atoms with E-state index in [9.17, 15) is 0 Å². The van der Waals surface area contributed by atoms with Gasteiger partial charge in [0.2, 0.25) is 0 Å². The van der Waals surface area contributed by atoms with Crippen molar-refractivity contribution in [3.63, 3.8) is 0 Å². The van der Waals surface area contributed by atoms with Gasteiger partial charge in [0.15, 0.2) is 0 Å². The van der Waals surface area contributed by atoms with Crippen LogP contribution < -0.4 is 5.32 Å². The minimum atomic E-state index is 0.708. The van der Waals surface area contributed by atoms with E-state index in [1.54, 1.807) is 0 Å². The minimum absolute atomic E-state index is 0.708. The normalized spacial score (nSPS) is 23.8. The molecule has 1 saturated heterocycles. The number of hydrogen-bond acceptors (Lipinski definition) is 3. The summed E-state index contributed by atoms with van der Waals surface area (Å²) in [5, 5.41) is 12.2. The van der Waals surface area contributed by atoms with Crippen molar-refractivity contribution < 1.29 is 0 Å². The zero-order chi connectivity index (χ0) is 18.4. The maximum Gasteiger partial charge on any atom is 0.0455 e. The van der Waals surface area contributed by atoms with Gasteiger partial charge in [-0.05, 0) is 94.1 Å². The van der Waals surface area contributed by atoms with Crippen molar-refractivity contribution in [2.45, 2.75) is 51.9 Å². The van der Waals surface area contributed by atoms with Crippen LogP contribution in [0.15, 0.2) is 30.5 Å². The Kier molecular flexibility index (Phi) is 7.15. The van der Waals surface area contributed by atoms with Crippen molar-refractivity contribution in [3.8, 4) is 0 Å². The lowest BCUT2D eigenvalue weighted by molar-refractivity contribution is 0.0932. The van der Waals surface area contributed by atoms with Crippen LogP contribution in [0.25, 0.3) is 0 Å². The molecule has 4 heteroatoms. The summed E-state index contributed by atoms with van der Waals surface area (Å²) < 4.78 is 0. The van der Waals surface area contributed by atoms with Crippen LogP contribution in [0.3, 0.4) is 0 Å². The largest absolute Gasteiger partial charge is 0.362 e. The summed E-state index contributed by atoms with van der Waals surface area (Å²) in [7, 11) is 0. The average Bonchev–Trinajstić information content (AvgIpc) is 2.63. The van der Waals surface area contributed by atoms with Gasteiger partial charge < -0.3 is 15.6 Å². The van der Waals surface area contributed by atoms with Crippen LogP contribution in [-0.4, -0.2) is 30.2 Å². The lowest BCUT2D eigenvalue weighted by atomic mass is 9.70. The van der Waals surface area contributed by atoms with Gasteiger partial charge in [0.05, 0.1) is 0 Å². The van der Waals surface area contributed by atoms with Crippen molar-refractivity contribution in [3.05, 3.63) is 41.1 Å². The molecule has 1 aliphatic carbocycles. The van der Waals surface area contributed by atoms with Crippen molar-refractivity contribution >= 4 is 23.0 Å². The molecule has 2 aliphatic rings. The third-order valence-corrected chi connectivity index (χ3v) is 6.41. The van der Waals surface area contributed by atoms with Crippen molar-refractivity contribution in [2.24, 2.45) is 11.8 Å². The number of rotatable bonds is 8. The number of piperidine rings is 1. The molecule has 1 saturated carbocycles. The molecule has 0 aromatic heterocycles. The standard InChI is InChI=1S/C22H32ClN3/c1-17-5-10-21(15-22(17)23)25-12-11-20(24)9-8-18-6-7-19(18)16-26-13-3-2-4-14-26/h5,10-12,15,18-19,24-25H,2-4,6-9,13-14,16H2,1H3/b12-11-,24-20?. The van der Waals surface area contributed by atoms with Gasteiger partial charge in [-0.1, -0.05) is 24.1 Å². The van der Waals surface area contributed by atoms with Crippen LogP contribution in [0.1, 0.15) is 50.5 Å². The Balaban J connectivity index is 1.36. The van der Waals surface area contributed by atoms with Crippen molar-refractivity contribution in [1.82, 2.24) is 4.90 Å². The molecule has 3 nitrogen and oxygen atoms in total. The molecule has 2 fully saturated rings. The summed E-state index contributed by atoms with van der Waals surface area (Å²) >= 11 is 6.14. The number of aryl methyl sites for hydroxylation is 1. The first-order valence-corrected chi connectivity index (χ1v) is 10.5. The Labute approximate surface area is 163 Å². The number of nitrogens with one attached hydrogen (secondary N) is 2. The molecule has 2 atom stereocenters. The topological polar surface area (TPSA) is 39.1 Å². The Hall–Kier alpha value is -1.32. The first kappa shape index (κ1) is 19.4. The molecule has 0 bridgehead atoms. The SMILES string of the molecule is Cc1ccc(N/C=C\C(=N)CCC2CCC2CN2CCCCC2)cc1Cl. The maximum atomic E-state index is 8.18. The van der Waals surface area contributed by atoms with Gasteiger partial charge in [-0.2, -0.15) is 0 Å². The van der Waals surface area contributed by atoms with E-state index in [0.717, 1.165) is 41.0 Å². The smallest absolute Gasteiger partial charge is 0.0455 e. The zero-order valence-corrected chi connectivity index (χ0v) is 16.7. The predicted octanol–water partition coefficient (Wildman–Crippen LogP) is 5.89. The summed E-state index contributed by atoms with van der Waals surface area (Å²) in [6, 6.07) is 5.93. The fourth-order valence-corrected chi connectivity index (χ4v) is 4.26. The van der Waals surface area contributed by atoms with Gasteiger partial charge in [-0.3, -0.25) is 0 Å². The quantitative estimate of drug-likeness (QED) is 0.558. The highest BCUT2D eigenvalue weighted by atomic mass is 35.5. The lowest BCUT2D eigenvalue weighted by Crippen LogP contribution is -2.40. The molecule has 26 heavy (non-hydrogen) atoms. The van der Waals surface area contributed by atoms with Crippen molar-refractivity contribution in [1.29, 1.82) is 5.41 Å². The molecule has 0 spiro atoms. The average molecular weight is 374 g/mol. The van der Waals surface area contributed by atoms with E-state index in [0.29, 0.717) is 5.71 Å². The van der Waals surface area contributed by atoms with Crippen LogP contribution in [0, 0.1) is 24.2 Å². The van der Waals surface area contributed by atoms with E-state index in [2.05, 4.69) is 10.2 Å². The van der Waals surface area contributed by atoms with Gasteiger partial charge in [-0.15, -0.1) is 0 Å². The molecule has 142 valence electrons. The summed E-state index contributed by atoms with van der Waals surface area (Å²) in [6.07, 6.45) is 12.7. The maximum absolute atomic E-state index is 8.18. The monoisotopic (exact) mass is 373 g/mol. The number of benzene rings is 1. The van der Waals surface area contributed by atoms with E-state index in [1.807, 2.05) is 37.4 Å². The van der Waals surface area contributed by atoms with Gasteiger partial charge in [-0.25, -0.2) is 0 Å². The second-order valence-corrected chi connectivity index (χ2v) is 8.37. The van der Waals surface area contributed by atoms with Crippen LogP contribution in [-0.2, 0) is 0 Å². The predicted molar refractivity (Wildman–Crippen MR) is 112 cm³/mol. The zero-order valence-electron chi connectivity index (χ0n) is 15.9. The van der Waals surface area contributed by atoms with Gasteiger partial charge in [0, 0.05) is 29.2 Å². The van der Waals surface area contributed by atoms with E-state index >= 15 is 0 Å². The fourth-order valence-electron chi connectivity index (χ4n) is 4.08. The van der Waals surface area contributed by atoms with Crippen LogP contribution in [0.5, 0.6) is 0 Å². The Bertz CT molecular complexity index is 634. The van der Waals surface area contributed by atoms with Crippen LogP contribution in [0.2, 0.25) is 5.02 Å². The van der Waals surface area contributed by atoms with Crippen LogP contribution in [0.4, 0.5) is 5.69 Å². The Morgan fingerprint density at radius 3 is 2.69 bits per heavy atom. The number of hydrogen-bond donors (Lipinski definition) is 2. The second-order valence-electron chi connectivity index (χ2n) is 7.96. The molecule has 2 N–H and O–H groups in total. The summed E-state index contributed by atoms with van der Waals surface area (Å²) in [4.78, 5) is 2.67. The second kappa shape index (κ2) is 9.57. The number of halogens is 1. The third-order valence-electron chi connectivity index (χ3n) is 6.01. The third kappa shape index (κ3) is 5.59. The highest BCUT2D eigenvalue weighted by molar-refractivity contribution is 6.31. The van der Waals surface area contributed by atoms with E-state index in [4.69, 9.17) is 17.0 Å². The first-order chi connectivity index (χ1) is 12.6. The number of likely N-dealkylation sites (tertiary alicyclic amines) is 1. The molecule has 0 radical (unpaired) electrons. The van der Waals surface area contributed by atoms with E-state index < -0.39 is 0 Å². The number of allylic oxidation sites excluding steroid dienone is 1. The molecule has 1 aromatic rings. The molecular weight excluding hydrogens is 342 g/mol. The summed E-state index contributed by atoms with van der Waals surface area (Å²) in [5.74, 6) is 1.70. The van der Waals surface area contributed by atoms with E-state index in [1.165, 1.54) is 51.7 Å². The molecule has 1 aliphatic heterocycles. The van der Waals surface area contributed by atoms with Gasteiger partial charge in [0.25, 0.3) is 0 Å². The Morgan fingerprint density at radius 2 is 2.00 bits per heavy atom. The highest BCUT2D eigenvalue weighted by Crippen LogP contribution is 2.38. The lowest BCUT2D eigenvalue weighted by Gasteiger charge is -2.41. The molecule has 1 aromatic carbocycles. The van der Waals surface area contributed by atoms with Crippen molar-refractivity contribution in [2.75, 3.05) is 25.0 Å². The minimum Gasteiger partial charge on any atom is -0.362 e. The summed E-state index contributed by atoms with van der Waals surface area (Å²) in [6.45, 7) is 5.90. The Morgan fingerprint density at radius 1 is 1.23 bits per heavy atom. The number of nitrogens with zero attached hydrogens (tertiary/aromatic N) is 1. The molecule has 0 amide bonds. The van der Waals surface area contributed by atoms with E-state index in [-0.39, 0.29) is 0 Å². The molecule has 3 rings (SSSR count). The first-order valence-electron chi connectivity index (χ1n) is 10.1. The highest BCUT2D eigenvalue weighted by Gasteiger charge is 2.31. The molecular formula is C22H32ClN3. The summed E-state index contributed by atoms with van der Waals surface area (Å²) in [5.41, 5.74) is 2.75. The van der Waals surface area contributed by atoms with Crippen LogP contribution >= 0.6 is 11.6 Å². The van der Waals surface area contributed by atoms with Gasteiger partial charge >= 0.3 is 0 Å². The fraction of sp³-hybridized carbons (Fsp3) is 0.591. The molecule has 2 unspecified atom stereocenters. The molecule has 1 heterocycles. The van der Waals surface area contributed by atoms with Gasteiger partial charge in [0.1, 0.15) is 0 Å². The number of anilines is 1.